The van der Waals surface area contributed by atoms with Crippen LogP contribution in [0.3, 0.4) is 0 Å². The third-order valence-electron chi connectivity index (χ3n) is 5.60. The molecule has 1 aliphatic rings. The van der Waals surface area contributed by atoms with E-state index in [-0.39, 0.29) is 42.5 Å². The minimum atomic E-state index is -3.68. The Morgan fingerprint density at radius 1 is 0.879 bits per heavy atom. The summed E-state index contributed by atoms with van der Waals surface area (Å²) in [7, 11) is -2.23. The zero-order chi connectivity index (χ0) is 23.4. The van der Waals surface area contributed by atoms with E-state index in [1.165, 1.54) is 16.3 Å². The van der Waals surface area contributed by atoms with Gasteiger partial charge in [0.1, 0.15) is 11.3 Å². The third kappa shape index (κ3) is 4.84. The highest BCUT2D eigenvalue weighted by molar-refractivity contribution is 7.89. The smallest absolute Gasteiger partial charge is 0.342 e. The van der Waals surface area contributed by atoms with E-state index in [0.717, 1.165) is 10.8 Å². The third-order valence-corrected chi connectivity index (χ3v) is 7.50. The second-order valence-electron chi connectivity index (χ2n) is 7.57. The molecule has 1 fully saturated rings. The molecule has 0 N–H and O–H groups in total. The Bertz CT molecular complexity index is 1280. The van der Waals surface area contributed by atoms with Crippen LogP contribution in [0.5, 0.6) is 5.75 Å². The van der Waals surface area contributed by atoms with Crippen molar-refractivity contribution < 1.29 is 27.5 Å². The molecule has 3 aromatic rings. The summed E-state index contributed by atoms with van der Waals surface area (Å²) in [4.78, 5) is 26.5. The Morgan fingerprint density at radius 2 is 1.55 bits per heavy atom. The number of nitrogens with zero attached hydrogens (tertiary/aromatic N) is 2. The molecule has 33 heavy (non-hydrogen) atoms. The van der Waals surface area contributed by atoms with Crippen LogP contribution in [0, 0.1) is 0 Å². The fraction of sp³-hybridized carbons (Fsp3) is 0.250. The van der Waals surface area contributed by atoms with Gasteiger partial charge in [-0.1, -0.05) is 42.5 Å². The highest BCUT2D eigenvalue weighted by Crippen LogP contribution is 2.23. The molecule has 4 rings (SSSR count). The zero-order valence-corrected chi connectivity index (χ0v) is 19.0. The number of sulfonamides is 1. The van der Waals surface area contributed by atoms with Gasteiger partial charge in [0.05, 0.1) is 12.0 Å². The van der Waals surface area contributed by atoms with Crippen LogP contribution in [0.25, 0.3) is 10.8 Å². The molecule has 0 aliphatic carbocycles. The molecule has 1 aliphatic heterocycles. The number of rotatable bonds is 6. The Labute approximate surface area is 192 Å². The lowest BCUT2D eigenvalue weighted by atomic mass is 10.1. The number of methoxy groups -OCH3 is 1. The number of esters is 1. The van der Waals surface area contributed by atoms with Gasteiger partial charge in [0.2, 0.25) is 10.0 Å². The van der Waals surface area contributed by atoms with Gasteiger partial charge in [0.15, 0.2) is 6.61 Å². The molecule has 9 heteroatoms. The van der Waals surface area contributed by atoms with Crippen molar-refractivity contribution in [3.63, 3.8) is 0 Å². The predicted molar refractivity (Wildman–Crippen MR) is 123 cm³/mol. The van der Waals surface area contributed by atoms with E-state index in [9.17, 15) is 18.0 Å². The Morgan fingerprint density at radius 3 is 2.27 bits per heavy atom. The number of amides is 1. The van der Waals surface area contributed by atoms with Crippen LogP contribution < -0.4 is 4.74 Å². The molecule has 0 bridgehead atoms. The number of fused-ring (bicyclic) bond motifs is 1. The second-order valence-corrected chi connectivity index (χ2v) is 9.51. The van der Waals surface area contributed by atoms with Crippen LogP contribution in [0.1, 0.15) is 10.4 Å². The van der Waals surface area contributed by atoms with Gasteiger partial charge in [-0.05, 0) is 35.0 Å². The molecule has 1 heterocycles. The van der Waals surface area contributed by atoms with Gasteiger partial charge in [-0.25, -0.2) is 13.2 Å². The monoisotopic (exact) mass is 468 g/mol. The summed E-state index contributed by atoms with van der Waals surface area (Å²) in [6, 6.07) is 19.2. The van der Waals surface area contributed by atoms with Gasteiger partial charge in [-0.15, -0.1) is 0 Å². The summed E-state index contributed by atoms with van der Waals surface area (Å²) in [5.41, 5.74) is 0.235. The quantitative estimate of drug-likeness (QED) is 0.516. The molecule has 0 saturated carbocycles. The molecule has 0 aromatic heterocycles. The van der Waals surface area contributed by atoms with Crippen LogP contribution in [-0.2, 0) is 19.6 Å². The van der Waals surface area contributed by atoms with E-state index in [0.29, 0.717) is 5.75 Å². The minimum Gasteiger partial charge on any atom is -0.496 e. The van der Waals surface area contributed by atoms with Gasteiger partial charge in [-0.2, -0.15) is 4.31 Å². The van der Waals surface area contributed by atoms with Crippen LogP contribution in [0.2, 0.25) is 0 Å². The number of hydrogen-bond acceptors (Lipinski definition) is 6. The molecular formula is C24H24N2O6S. The standard InChI is InChI=1S/C24H24N2O6S/c1-31-22-9-5-4-8-21(22)24(28)32-17-23(27)25-12-14-26(15-13-25)33(29,30)20-11-10-18-6-2-3-7-19(18)16-20/h2-11,16H,12-15,17H2,1H3. The number of benzene rings is 3. The van der Waals surface area contributed by atoms with Crippen LogP contribution in [0.15, 0.2) is 71.6 Å². The first-order chi connectivity index (χ1) is 15.9. The Kier molecular flexibility index (Phi) is 6.62. The fourth-order valence-electron chi connectivity index (χ4n) is 3.76. The Balaban J connectivity index is 1.35. The summed E-state index contributed by atoms with van der Waals surface area (Å²) in [6.45, 7) is 0.354. The average Bonchev–Trinajstić information content (AvgIpc) is 2.86. The van der Waals surface area contributed by atoms with Crippen molar-refractivity contribution in [2.75, 3.05) is 39.9 Å². The summed E-state index contributed by atoms with van der Waals surface area (Å²) < 4.78 is 37.8. The largest absolute Gasteiger partial charge is 0.496 e. The lowest BCUT2D eigenvalue weighted by Gasteiger charge is -2.33. The minimum absolute atomic E-state index is 0.168. The maximum absolute atomic E-state index is 13.1. The lowest BCUT2D eigenvalue weighted by molar-refractivity contribution is -0.135. The lowest BCUT2D eigenvalue weighted by Crippen LogP contribution is -2.51. The van der Waals surface area contributed by atoms with E-state index in [1.807, 2.05) is 24.3 Å². The summed E-state index contributed by atoms with van der Waals surface area (Å²) >= 11 is 0. The van der Waals surface area contributed by atoms with E-state index in [4.69, 9.17) is 9.47 Å². The number of carbonyl (C=O) groups excluding carboxylic acids is 2. The van der Waals surface area contributed by atoms with E-state index in [2.05, 4.69) is 0 Å². The summed E-state index contributed by atoms with van der Waals surface area (Å²) in [5, 5.41) is 1.82. The highest BCUT2D eigenvalue weighted by Gasteiger charge is 2.30. The summed E-state index contributed by atoms with van der Waals surface area (Å²) in [6.07, 6.45) is 0. The van der Waals surface area contributed by atoms with Crippen molar-refractivity contribution in [1.29, 1.82) is 0 Å². The fourth-order valence-corrected chi connectivity index (χ4v) is 5.22. The second kappa shape index (κ2) is 9.60. The van der Waals surface area contributed by atoms with Gasteiger partial charge in [-0.3, -0.25) is 4.79 Å². The average molecular weight is 469 g/mol. The zero-order valence-electron chi connectivity index (χ0n) is 18.1. The van der Waals surface area contributed by atoms with Crippen molar-refractivity contribution >= 4 is 32.7 Å². The molecule has 1 saturated heterocycles. The van der Waals surface area contributed by atoms with Crippen molar-refractivity contribution in [1.82, 2.24) is 9.21 Å². The predicted octanol–water partition coefficient (Wildman–Crippen LogP) is 2.54. The number of para-hydroxylation sites is 1. The van der Waals surface area contributed by atoms with Gasteiger partial charge in [0.25, 0.3) is 5.91 Å². The van der Waals surface area contributed by atoms with Crippen LogP contribution >= 0.6 is 0 Å². The molecule has 0 unspecified atom stereocenters. The molecule has 0 radical (unpaired) electrons. The van der Waals surface area contributed by atoms with Crippen LogP contribution in [-0.4, -0.2) is 69.4 Å². The van der Waals surface area contributed by atoms with Gasteiger partial charge >= 0.3 is 5.97 Å². The first kappa shape index (κ1) is 22.8. The van der Waals surface area contributed by atoms with Crippen molar-refractivity contribution in [3.05, 3.63) is 72.3 Å². The normalized spacial score (nSPS) is 14.8. The van der Waals surface area contributed by atoms with Crippen LogP contribution in [0.4, 0.5) is 0 Å². The number of hydrogen-bond donors (Lipinski definition) is 0. The molecule has 1 amide bonds. The van der Waals surface area contributed by atoms with Gasteiger partial charge < -0.3 is 14.4 Å². The molecular weight excluding hydrogens is 444 g/mol. The molecule has 0 spiro atoms. The number of ether oxygens (including phenoxy) is 2. The molecule has 3 aromatic carbocycles. The van der Waals surface area contributed by atoms with Gasteiger partial charge in [0, 0.05) is 26.2 Å². The maximum Gasteiger partial charge on any atom is 0.342 e. The molecule has 0 atom stereocenters. The summed E-state index contributed by atoms with van der Waals surface area (Å²) in [5.74, 6) is -0.665. The molecule has 8 nitrogen and oxygen atoms in total. The van der Waals surface area contributed by atoms with E-state index in [1.54, 1.807) is 42.5 Å². The van der Waals surface area contributed by atoms with Crippen molar-refractivity contribution in [3.8, 4) is 5.75 Å². The van der Waals surface area contributed by atoms with Crippen molar-refractivity contribution in [2.45, 2.75) is 4.90 Å². The van der Waals surface area contributed by atoms with E-state index >= 15 is 0 Å². The molecule has 172 valence electrons. The SMILES string of the molecule is COc1ccccc1C(=O)OCC(=O)N1CCN(S(=O)(=O)c2ccc3ccccc3c2)CC1. The first-order valence-corrected chi connectivity index (χ1v) is 11.9. The highest BCUT2D eigenvalue weighted by atomic mass is 32.2. The van der Waals surface area contributed by atoms with Crippen molar-refractivity contribution in [2.24, 2.45) is 0 Å². The topological polar surface area (TPSA) is 93.2 Å². The number of carbonyl (C=O) groups is 2. The van der Waals surface area contributed by atoms with E-state index < -0.39 is 22.6 Å². The number of piperazine rings is 1. The maximum atomic E-state index is 13.1. The Hall–Kier alpha value is -3.43. The first-order valence-electron chi connectivity index (χ1n) is 10.5.